The number of hydrogen-bond acceptors (Lipinski definition) is 5. The van der Waals surface area contributed by atoms with Gasteiger partial charge in [-0.2, -0.15) is 0 Å². The molecule has 0 aliphatic heterocycles. The van der Waals surface area contributed by atoms with Crippen LogP contribution in [-0.4, -0.2) is 25.6 Å². The standard InChI is InChI=1S/C23H21NO4S/c1-27-15-17-11-13-18(14-12-17)23(26)28-16-22(25)24-20-9-5-6-10-21(20)29-19-7-3-2-4-8-19/h2-14H,15-16H2,1H3,(H,24,25). The quantitative estimate of drug-likeness (QED) is 0.545. The average Bonchev–Trinajstić information content (AvgIpc) is 2.75. The number of methoxy groups -OCH3 is 1. The Morgan fingerprint density at radius 2 is 1.59 bits per heavy atom. The lowest BCUT2D eigenvalue weighted by Crippen LogP contribution is -2.21. The highest BCUT2D eigenvalue weighted by Gasteiger charge is 2.12. The van der Waals surface area contributed by atoms with E-state index in [1.807, 2.05) is 54.6 Å². The summed E-state index contributed by atoms with van der Waals surface area (Å²) in [6.45, 7) is 0.112. The lowest BCUT2D eigenvalue weighted by molar-refractivity contribution is -0.119. The number of carbonyl (C=O) groups is 2. The Bertz CT molecular complexity index is 958. The van der Waals surface area contributed by atoms with Crippen LogP contribution in [0.3, 0.4) is 0 Å². The largest absolute Gasteiger partial charge is 0.452 e. The minimum absolute atomic E-state index is 0.358. The molecule has 3 aromatic rings. The summed E-state index contributed by atoms with van der Waals surface area (Å²) in [7, 11) is 1.61. The molecule has 6 heteroatoms. The van der Waals surface area contributed by atoms with Gasteiger partial charge in [-0.15, -0.1) is 0 Å². The van der Waals surface area contributed by atoms with Gasteiger partial charge in [0.05, 0.1) is 17.9 Å². The second-order valence-corrected chi connectivity index (χ2v) is 7.28. The highest BCUT2D eigenvalue weighted by molar-refractivity contribution is 7.99. The summed E-state index contributed by atoms with van der Waals surface area (Å²) in [4.78, 5) is 26.4. The molecular formula is C23H21NO4S. The smallest absolute Gasteiger partial charge is 0.338 e. The van der Waals surface area contributed by atoms with Crippen LogP contribution in [0.5, 0.6) is 0 Å². The number of carbonyl (C=O) groups excluding carboxylic acids is 2. The van der Waals surface area contributed by atoms with E-state index in [4.69, 9.17) is 9.47 Å². The Morgan fingerprint density at radius 1 is 0.897 bits per heavy atom. The molecule has 0 saturated carbocycles. The van der Waals surface area contributed by atoms with E-state index >= 15 is 0 Å². The van der Waals surface area contributed by atoms with E-state index in [0.717, 1.165) is 15.4 Å². The first kappa shape index (κ1) is 20.6. The number of esters is 1. The van der Waals surface area contributed by atoms with Crippen molar-refractivity contribution in [2.45, 2.75) is 16.4 Å². The monoisotopic (exact) mass is 407 g/mol. The highest BCUT2D eigenvalue weighted by atomic mass is 32.2. The molecule has 148 valence electrons. The van der Waals surface area contributed by atoms with Crippen LogP contribution in [0.25, 0.3) is 0 Å². The van der Waals surface area contributed by atoms with Gasteiger partial charge in [0.25, 0.3) is 5.91 Å². The number of para-hydroxylation sites is 1. The van der Waals surface area contributed by atoms with Gasteiger partial charge >= 0.3 is 5.97 Å². The Kier molecular flexibility index (Phi) is 7.44. The number of benzene rings is 3. The van der Waals surface area contributed by atoms with Crippen molar-refractivity contribution in [2.24, 2.45) is 0 Å². The summed E-state index contributed by atoms with van der Waals surface area (Å²) in [6.07, 6.45) is 0. The Labute approximate surface area is 174 Å². The van der Waals surface area contributed by atoms with E-state index in [0.29, 0.717) is 17.9 Å². The fraction of sp³-hybridized carbons (Fsp3) is 0.130. The lowest BCUT2D eigenvalue weighted by Gasteiger charge is -2.11. The van der Waals surface area contributed by atoms with Gasteiger partial charge in [0.1, 0.15) is 0 Å². The van der Waals surface area contributed by atoms with Crippen molar-refractivity contribution in [3.8, 4) is 0 Å². The number of hydrogen-bond donors (Lipinski definition) is 1. The summed E-state index contributed by atoms with van der Waals surface area (Å²) in [5.74, 6) is -0.938. The number of ether oxygens (including phenoxy) is 2. The minimum atomic E-state index is -0.545. The molecule has 0 fully saturated rings. The maximum atomic E-state index is 12.3. The second-order valence-electron chi connectivity index (χ2n) is 6.17. The molecule has 0 saturated heterocycles. The average molecular weight is 407 g/mol. The minimum Gasteiger partial charge on any atom is -0.452 e. The maximum absolute atomic E-state index is 12.3. The van der Waals surface area contributed by atoms with Crippen LogP contribution in [0.2, 0.25) is 0 Å². The van der Waals surface area contributed by atoms with Crippen LogP contribution in [0.1, 0.15) is 15.9 Å². The normalized spacial score (nSPS) is 10.4. The third-order valence-electron chi connectivity index (χ3n) is 3.97. The summed E-state index contributed by atoms with van der Waals surface area (Å²) in [5, 5.41) is 2.81. The molecule has 3 aromatic carbocycles. The zero-order valence-electron chi connectivity index (χ0n) is 16.0. The molecule has 0 atom stereocenters. The first-order valence-electron chi connectivity index (χ1n) is 9.02. The van der Waals surface area contributed by atoms with Crippen molar-refractivity contribution >= 4 is 29.3 Å². The highest BCUT2D eigenvalue weighted by Crippen LogP contribution is 2.33. The molecule has 0 aliphatic rings. The van der Waals surface area contributed by atoms with E-state index in [9.17, 15) is 9.59 Å². The predicted molar refractivity (Wildman–Crippen MR) is 113 cm³/mol. The number of nitrogens with one attached hydrogen (secondary N) is 1. The fourth-order valence-electron chi connectivity index (χ4n) is 2.58. The summed E-state index contributed by atoms with van der Waals surface area (Å²) in [5.41, 5.74) is 2.01. The second kappa shape index (κ2) is 10.5. The number of amides is 1. The first-order chi connectivity index (χ1) is 14.2. The van der Waals surface area contributed by atoms with Gasteiger partial charge in [-0.1, -0.05) is 54.2 Å². The summed E-state index contributed by atoms with van der Waals surface area (Å²) < 4.78 is 10.2. The molecule has 0 heterocycles. The van der Waals surface area contributed by atoms with Crippen molar-refractivity contribution in [1.29, 1.82) is 0 Å². The zero-order chi connectivity index (χ0) is 20.5. The molecule has 0 aliphatic carbocycles. The number of anilines is 1. The molecule has 0 unspecified atom stereocenters. The van der Waals surface area contributed by atoms with Gasteiger partial charge in [0.15, 0.2) is 6.61 Å². The molecular weight excluding hydrogens is 386 g/mol. The van der Waals surface area contributed by atoms with E-state index in [-0.39, 0.29) is 6.61 Å². The van der Waals surface area contributed by atoms with Crippen LogP contribution in [-0.2, 0) is 20.9 Å². The van der Waals surface area contributed by atoms with Gasteiger partial charge < -0.3 is 14.8 Å². The topological polar surface area (TPSA) is 64.6 Å². The van der Waals surface area contributed by atoms with Gasteiger partial charge in [-0.25, -0.2) is 4.79 Å². The molecule has 0 aromatic heterocycles. The van der Waals surface area contributed by atoms with Crippen molar-refractivity contribution in [3.05, 3.63) is 90.0 Å². The zero-order valence-corrected chi connectivity index (χ0v) is 16.8. The fourth-order valence-corrected chi connectivity index (χ4v) is 3.50. The Morgan fingerprint density at radius 3 is 2.31 bits per heavy atom. The van der Waals surface area contributed by atoms with E-state index < -0.39 is 11.9 Å². The lowest BCUT2D eigenvalue weighted by atomic mass is 10.1. The third-order valence-corrected chi connectivity index (χ3v) is 5.05. The van der Waals surface area contributed by atoms with Crippen molar-refractivity contribution in [1.82, 2.24) is 0 Å². The Hall–Kier alpha value is -3.09. The van der Waals surface area contributed by atoms with Gasteiger partial charge in [-0.3, -0.25) is 4.79 Å². The van der Waals surface area contributed by atoms with Crippen LogP contribution in [0.4, 0.5) is 5.69 Å². The summed E-state index contributed by atoms with van der Waals surface area (Å²) in [6, 6.07) is 24.3. The predicted octanol–water partition coefficient (Wildman–Crippen LogP) is 4.78. The Balaban J connectivity index is 1.56. The molecule has 5 nitrogen and oxygen atoms in total. The molecule has 0 spiro atoms. The van der Waals surface area contributed by atoms with Crippen LogP contribution in [0.15, 0.2) is 88.7 Å². The van der Waals surface area contributed by atoms with Gasteiger partial charge in [0.2, 0.25) is 0 Å². The molecule has 3 rings (SSSR count). The van der Waals surface area contributed by atoms with E-state index in [2.05, 4.69) is 5.32 Å². The maximum Gasteiger partial charge on any atom is 0.338 e. The summed E-state index contributed by atoms with van der Waals surface area (Å²) >= 11 is 1.55. The molecule has 1 amide bonds. The van der Waals surface area contributed by atoms with Gasteiger partial charge in [-0.05, 0) is 42.0 Å². The molecule has 0 bridgehead atoms. The van der Waals surface area contributed by atoms with E-state index in [1.165, 1.54) is 0 Å². The molecule has 0 radical (unpaired) electrons. The van der Waals surface area contributed by atoms with Crippen LogP contribution in [0, 0.1) is 0 Å². The van der Waals surface area contributed by atoms with Crippen LogP contribution < -0.4 is 5.32 Å². The SMILES string of the molecule is COCc1ccc(C(=O)OCC(=O)Nc2ccccc2Sc2ccccc2)cc1. The van der Waals surface area contributed by atoms with E-state index in [1.54, 1.807) is 43.1 Å². The van der Waals surface area contributed by atoms with Crippen LogP contribution >= 0.6 is 11.8 Å². The first-order valence-corrected chi connectivity index (χ1v) is 9.84. The molecule has 1 N–H and O–H groups in total. The van der Waals surface area contributed by atoms with Crippen molar-refractivity contribution in [3.63, 3.8) is 0 Å². The van der Waals surface area contributed by atoms with Gasteiger partial charge in [0, 0.05) is 16.9 Å². The van der Waals surface area contributed by atoms with Crippen molar-refractivity contribution in [2.75, 3.05) is 19.0 Å². The molecule has 29 heavy (non-hydrogen) atoms. The van der Waals surface area contributed by atoms with Crippen molar-refractivity contribution < 1.29 is 19.1 Å². The number of rotatable bonds is 8. The third kappa shape index (κ3) is 6.20.